The van der Waals surface area contributed by atoms with E-state index in [1.54, 1.807) is 0 Å². The number of carbonyl (C=O) groups excluding carboxylic acids is 1. The molecule has 2 aromatic carbocycles. The zero-order valence-corrected chi connectivity index (χ0v) is 10.7. The Balaban J connectivity index is 2.16. The van der Waals surface area contributed by atoms with Crippen LogP contribution in [0.25, 0.3) is 0 Å². The van der Waals surface area contributed by atoms with Gasteiger partial charge >= 0.3 is 6.18 Å². The number of hydrogen-bond donors (Lipinski definition) is 0. The molecule has 0 amide bonds. The Morgan fingerprint density at radius 3 is 2.48 bits per heavy atom. The highest BCUT2D eigenvalue weighted by molar-refractivity contribution is 5.76. The lowest BCUT2D eigenvalue weighted by Crippen LogP contribution is -2.06. The number of benzene rings is 2. The van der Waals surface area contributed by atoms with Crippen LogP contribution in [0.4, 0.5) is 17.6 Å². The van der Waals surface area contributed by atoms with Crippen molar-refractivity contribution >= 4 is 6.29 Å². The second-order valence-electron chi connectivity index (χ2n) is 4.26. The SMILES string of the molecule is O=Cc1cccc(OCc2cccc(C(F)(F)F)c2)c1F. The summed E-state index contributed by atoms with van der Waals surface area (Å²) in [5.41, 5.74) is -0.719. The second kappa shape index (κ2) is 5.95. The first-order chi connectivity index (χ1) is 9.91. The highest BCUT2D eigenvalue weighted by Crippen LogP contribution is 2.30. The first-order valence-corrected chi connectivity index (χ1v) is 5.94. The lowest BCUT2D eigenvalue weighted by atomic mass is 10.1. The van der Waals surface area contributed by atoms with Gasteiger partial charge in [0.15, 0.2) is 17.9 Å². The van der Waals surface area contributed by atoms with Crippen molar-refractivity contribution in [3.63, 3.8) is 0 Å². The summed E-state index contributed by atoms with van der Waals surface area (Å²) < 4.78 is 56.5. The third-order valence-corrected chi connectivity index (χ3v) is 2.77. The van der Waals surface area contributed by atoms with Crippen LogP contribution in [0.5, 0.6) is 5.75 Å². The summed E-state index contributed by atoms with van der Waals surface area (Å²) in [4.78, 5) is 10.6. The third-order valence-electron chi connectivity index (χ3n) is 2.77. The number of halogens is 4. The van der Waals surface area contributed by atoms with E-state index in [0.29, 0.717) is 6.29 Å². The van der Waals surface area contributed by atoms with Crippen molar-refractivity contribution in [2.45, 2.75) is 12.8 Å². The fourth-order valence-electron chi connectivity index (χ4n) is 1.73. The van der Waals surface area contributed by atoms with Crippen LogP contribution >= 0.6 is 0 Å². The Bertz CT molecular complexity index is 650. The Morgan fingerprint density at radius 1 is 1.10 bits per heavy atom. The van der Waals surface area contributed by atoms with E-state index in [1.807, 2.05) is 0 Å². The minimum Gasteiger partial charge on any atom is -0.486 e. The lowest BCUT2D eigenvalue weighted by molar-refractivity contribution is -0.137. The zero-order valence-electron chi connectivity index (χ0n) is 10.7. The molecule has 0 atom stereocenters. The Kier molecular flexibility index (Phi) is 4.26. The van der Waals surface area contributed by atoms with E-state index in [4.69, 9.17) is 4.74 Å². The van der Waals surface area contributed by atoms with Crippen molar-refractivity contribution in [3.8, 4) is 5.75 Å². The molecule has 21 heavy (non-hydrogen) atoms. The fourth-order valence-corrected chi connectivity index (χ4v) is 1.73. The van der Waals surface area contributed by atoms with Crippen LogP contribution in [-0.4, -0.2) is 6.29 Å². The number of carbonyl (C=O) groups is 1. The first-order valence-electron chi connectivity index (χ1n) is 5.94. The van der Waals surface area contributed by atoms with Crippen LogP contribution in [-0.2, 0) is 12.8 Å². The third kappa shape index (κ3) is 3.59. The monoisotopic (exact) mass is 298 g/mol. The number of ether oxygens (including phenoxy) is 1. The number of rotatable bonds is 4. The maximum atomic E-state index is 13.7. The summed E-state index contributed by atoms with van der Waals surface area (Å²) in [5, 5.41) is 0. The topological polar surface area (TPSA) is 26.3 Å². The van der Waals surface area contributed by atoms with Gasteiger partial charge in [-0.3, -0.25) is 4.79 Å². The minimum atomic E-state index is -4.45. The largest absolute Gasteiger partial charge is 0.486 e. The molecule has 6 heteroatoms. The van der Waals surface area contributed by atoms with Crippen LogP contribution in [0.3, 0.4) is 0 Å². The smallest absolute Gasteiger partial charge is 0.416 e. The molecule has 0 fully saturated rings. The molecule has 0 aromatic heterocycles. The zero-order chi connectivity index (χ0) is 15.5. The molecular weight excluding hydrogens is 288 g/mol. The molecule has 0 spiro atoms. The standard InChI is InChI=1S/C15H10F4O2/c16-14-11(8-20)4-2-6-13(14)21-9-10-3-1-5-12(7-10)15(17,18)19/h1-8H,9H2. The molecule has 0 saturated heterocycles. The summed E-state index contributed by atoms with van der Waals surface area (Å²) in [6.07, 6.45) is -4.11. The van der Waals surface area contributed by atoms with Crippen LogP contribution in [0.15, 0.2) is 42.5 Å². The van der Waals surface area contributed by atoms with Crippen LogP contribution in [0, 0.1) is 5.82 Å². The Hall–Kier alpha value is -2.37. The van der Waals surface area contributed by atoms with Crippen LogP contribution < -0.4 is 4.74 Å². The quantitative estimate of drug-likeness (QED) is 0.623. The van der Waals surface area contributed by atoms with Gasteiger partial charge in [0.1, 0.15) is 6.61 Å². The van der Waals surface area contributed by atoms with Crippen molar-refractivity contribution in [2.75, 3.05) is 0 Å². The number of aldehydes is 1. The normalized spacial score (nSPS) is 11.2. The van der Waals surface area contributed by atoms with Gasteiger partial charge in [-0.1, -0.05) is 18.2 Å². The average Bonchev–Trinajstić information content (AvgIpc) is 2.45. The van der Waals surface area contributed by atoms with E-state index >= 15 is 0 Å². The van der Waals surface area contributed by atoms with E-state index in [9.17, 15) is 22.4 Å². The van der Waals surface area contributed by atoms with Gasteiger partial charge in [-0.15, -0.1) is 0 Å². The maximum Gasteiger partial charge on any atom is 0.416 e. The molecule has 2 rings (SSSR count). The second-order valence-corrected chi connectivity index (χ2v) is 4.26. The molecule has 0 saturated carbocycles. The summed E-state index contributed by atoms with van der Waals surface area (Å²) in [6, 6.07) is 8.57. The molecule has 0 radical (unpaired) electrons. The summed E-state index contributed by atoms with van der Waals surface area (Å²) in [7, 11) is 0. The Morgan fingerprint density at radius 2 is 1.81 bits per heavy atom. The van der Waals surface area contributed by atoms with E-state index < -0.39 is 17.6 Å². The predicted octanol–water partition coefficient (Wildman–Crippen LogP) is 4.24. The van der Waals surface area contributed by atoms with Gasteiger partial charge in [-0.05, 0) is 29.8 Å². The molecule has 0 bridgehead atoms. The molecule has 0 unspecified atom stereocenters. The van der Waals surface area contributed by atoms with Crippen molar-refractivity contribution in [2.24, 2.45) is 0 Å². The summed E-state index contributed by atoms with van der Waals surface area (Å²) in [6.45, 7) is -0.233. The van der Waals surface area contributed by atoms with Gasteiger partial charge in [-0.2, -0.15) is 13.2 Å². The molecule has 2 aromatic rings. The molecule has 110 valence electrons. The molecule has 0 aliphatic carbocycles. The molecule has 0 aliphatic rings. The van der Waals surface area contributed by atoms with Gasteiger partial charge in [0, 0.05) is 0 Å². The number of alkyl halides is 3. The summed E-state index contributed by atoms with van der Waals surface area (Å²) in [5.74, 6) is -1.02. The van der Waals surface area contributed by atoms with Gasteiger partial charge in [0.05, 0.1) is 11.1 Å². The number of hydrogen-bond acceptors (Lipinski definition) is 2. The van der Waals surface area contributed by atoms with Gasteiger partial charge in [0.25, 0.3) is 0 Å². The van der Waals surface area contributed by atoms with Crippen molar-refractivity contribution in [3.05, 3.63) is 65.0 Å². The highest BCUT2D eigenvalue weighted by atomic mass is 19.4. The van der Waals surface area contributed by atoms with E-state index in [-0.39, 0.29) is 23.5 Å². The minimum absolute atomic E-state index is 0.170. The molecule has 0 heterocycles. The van der Waals surface area contributed by atoms with E-state index in [2.05, 4.69) is 0 Å². The maximum absolute atomic E-state index is 13.7. The Labute approximate surface area is 118 Å². The predicted molar refractivity (Wildman–Crippen MR) is 67.6 cm³/mol. The molecule has 0 aliphatic heterocycles. The molecule has 2 nitrogen and oxygen atoms in total. The van der Waals surface area contributed by atoms with Crippen molar-refractivity contribution < 1.29 is 27.1 Å². The van der Waals surface area contributed by atoms with Crippen LogP contribution in [0.1, 0.15) is 21.5 Å². The van der Waals surface area contributed by atoms with Gasteiger partial charge in [-0.25, -0.2) is 4.39 Å². The van der Waals surface area contributed by atoms with Crippen molar-refractivity contribution in [1.82, 2.24) is 0 Å². The first kappa shape index (κ1) is 15.0. The molecular formula is C15H10F4O2. The van der Waals surface area contributed by atoms with Gasteiger partial charge < -0.3 is 4.74 Å². The summed E-state index contributed by atoms with van der Waals surface area (Å²) >= 11 is 0. The van der Waals surface area contributed by atoms with Gasteiger partial charge in [0.2, 0.25) is 0 Å². The average molecular weight is 298 g/mol. The fraction of sp³-hybridized carbons (Fsp3) is 0.133. The highest BCUT2D eigenvalue weighted by Gasteiger charge is 2.30. The van der Waals surface area contributed by atoms with E-state index in [1.165, 1.54) is 30.3 Å². The molecule has 0 N–H and O–H groups in total. The van der Waals surface area contributed by atoms with Crippen molar-refractivity contribution in [1.29, 1.82) is 0 Å². The van der Waals surface area contributed by atoms with Crippen LogP contribution in [0.2, 0.25) is 0 Å². The van der Waals surface area contributed by atoms with E-state index in [0.717, 1.165) is 12.1 Å². The lowest BCUT2D eigenvalue weighted by Gasteiger charge is -2.11.